The zero-order valence-corrected chi connectivity index (χ0v) is 10.7. The fourth-order valence-electron chi connectivity index (χ4n) is 1.69. The van der Waals surface area contributed by atoms with Crippen LogP contribution in [0.3, 0.4) is 0 Å². The fourth-order valence-corrected chi connectivity index (χ4v) is 1.69. The average molecular weight is 234 g/mol. The number of hydrogen-bond donors (Lipinski definition) is 0. The third-order valence-corrected chi connectivity index (χ3v) is 2.40. The molecule has 1 aromatic rings. The Balaban J connectivity index is 2.85. The monoisotopic (exact) mass is 234 g/mol. The van der Waals surface area contributed by atoms with Crippen molar-refractivity contribution in [3.8, 4) is 17.6 Å². The first kappa shape index (κ1) is 13.6. The van der Waals surface area contributed by atoms with Crippen LogP contribution in [0.1, 0.15) is 32.8 Å². The molecule has 1 unspecified atom stereocenters. The Morgan fingerprint density at radius 2 is 2.18 bits per heavy atom. The molecule has 0 radical (unpaired) electrons. The molecular formula is C15H19FO. The second kappa shape index (κ2) is 6.96. The molecule has 17 heavy (non-hydrogen) atoms. The zero-order chi connectivity index (χ0) is 12.7. The predicted octanol–water partition coefficient (Wildman–Crippen LogP) is 3.82. The van der Waals surface area contributed by atoms with Crippen LogP contribution in [-0.2, 0) is 6.42 Å². The summed E-state index contributed by atoms with van der Waals surface area (Å²) in [6, 6.07) is 4.68. The molecule has 1 atom stereocenters. The third kappa shape index (κ3) is 4.48. The summed E-state index contributed by atoms with van der Waals surface area (Å²) < 4.78 is 18.8. The lowest BCUT2D eigenvalue weighted by molar-refractivity contribution is 0.313. The van der Waals surface area contributed by atoms with Gasteiger partial charge in [-0.1, -0.05) is 13.8 Å². The van der Waals surface area contributed by atoms with Crippen LogP contribution in [-0.4, -0.2) is 6.61 Å². The van der Waals surface area contributed by atoms with E-state index in [0.29, 0.717) is 6.61 Å². The Labute approximate surface area is 103 Å². The minimum atomic E-state index is -0.222. The summed E-state index contributed by atoms with van der Waals surface area (Å²) in [5.74, 6) is 6.72. The Morgan fingerprint density at radius 1 is 1.41 bits per heavy atom. The lowest BCUT2D eigenvalue weighted by Gasteiger charge is -2.12. The highest BCUT2D eigenvalue weighted by atomic mass is 19.1. The molecule has 0 aromatic heterocycles. The van der Waals surface area contributed by atoms with E-state index < -0.39 is 0 Å². The molecule has 0 heterocycles. The normalized spacial score (nSPS) is 11.5. The minimum Gasteiger partial charge on any atom is -0.493 e. The van der Waals surface area contributed by atoms with Crippen LogP contribution in [0.4, 0.5) is 4.39 Å². The Morgan fingerprint density at radius 3 is 2.82 bits per heavy atom. The van der Waals surface area contributed by atoms with Crippen molar-refractivity contribution in [2.24, 2.45) is 5.92 Å². The standard InChI is InChI=1S/C15H19FO/c1-4-6-12(3)10-13-11-14(16)7-8-15(13)17-9-5-2/h7-8,11-12H,5,9-10H2,1-3H3. The summed E-state index contributed by atoms with van der Waals surface area (Å²) in [7, 11) is 0. The van der Waals surface area contributed by atoms with Crippen LogP contribution in [0.25, 0.3) is 0 Å². The van der Waals surface area contributed by atoms with E-state index in [0.717, 1.165) is 24.2 Å². The van der Waals surface area contributed by atoms with Gasteiger partial charge in [-0.25, -0.2) is 4.39 Å². The maximum Gasteiger partial charge on any atom is 0.123 e. The largest absolute Gasteiger partial charge is 0.493 e. The molecule has 0 saturated carbocycles. The molecule has 0 N–H and O–H groups in total. The van der Waals surface area contributed by atoms with Gasteiger partial charge in [0.25, 0.3) is 0 Å². The van der Waals surface area contributed by atoms with Crippen LogP contribution in [0, 0.1) is 23.6 Å². The van der Waals surface area contributed by atoms with Gasteiger partial charge in [0.15, 0.2) is 0 Å². The van der Waals surface area contributed by atoms with Crippen molar-refractivity contribution in [1.82, 2.24) is 0 Å². The molecular weight excluding hydrogens is 215 g/mol. The second-order valence-electron chi connectivity index (χ2n) is 4.10. The molecule has 0 aliphatic carbocycles. The van der Waals surface area contributed by atoms with Gasteiger partial charge in [0, 0.05) is 5.92 Å². The fraction of sp³-hybridized carbons (Fsp3) is 0.467. The summed E-state index contributed by atoms with van der Waals surface area (Å²) in [5, 5.41) is 0. The third-order valence-electron chi connectivity index (χ3n) is 2.40. The van der Waals surface area contributed by atoms with Crippen LogP contribution < -0.4 is 4.74 Å². The van der Waals surface area contributed by atoms with Gasteiger partial charge < -0.3 is 4.74 Å². The summed E-state index contributed by atoms with van der Waals surface area (Å²) in [5.41, 5.74) is 0.897. The van der Waals surface area contributed by atoms with E-state index in [1.54, 1.807) is 12.1 Å². The first-order valence-electron chi connectivity index (χ1n) is 6.00. The molecule has 0 aliphatic heterocycles. The van der Waals surface area contributed by atoms with Gasteiger partial charge >= 0.3 is 0 Å². The van der Waals surface area contributed by atoms with Gasteiger partial charge in [0.05, 0.1) is 6.61 Å². The van der Waals surface area contributed by atoms with Crippen molar-refractivity contribution < 1.29 is 9.13 Å². The van der Waals surface area contributed by atoms with E-state index in [-0.39, 0.29) is 11.7 Å². The highest BCUT2D eigenvalue weighted by Crippen LogP contribution is 2.23. The molecule has 0 spiro atoms. The van der Waals surface area contributed by atoms with E-state index in [9.17, 15) is 4.39 Å². The van der Waals surface area contributed by atoms with Crippen LogP contribution >= 0.6 is 0 Å². The van der Waals surface area contributed by atoms with Crippen LogP contribution in [0.2, 0.25) is 0 Å². The SMILES string of the molecule is CC#CC(C)Cc1cc(F)ccc1OCCC. The first-order valence-corrected chi connectivity index (χ1v) is 6.00. The Bertz CT molecular complexity index is 415. The van der Waals surface area contributed by atoms with Crippen molar-refractivity contribution in [2.75, 3.05) is 6.61 Å². The first-order chi connectivity index (χ1) is 8.17. The summed E-state index contributed by atoms with van der Waals surface area (Å²) >= 11 is 0. The number of hydrogen-bond acceptors (Lipinski definition) is 1. The summed E-state index contributed by atoms with van der Waals surface area (Å²) in [4.78, 5) is 0. The average Bonchev–Trinajstić information content (AvgIpc) is 2.28. The van der Waals surface area contributed by atoms with Crippen molar-refractivity contribution in [2.45, 2.75) is 33.6 Å². The van der Waals surface area contributed by atoms with E-state index in [2.05, 4.69) is 11.8 Å². The molecule has 1 rings (SSSR count). The Hall–Kier alpha value is -1.49. The van der Waals surface area contributed by atoms with Gasteiger partial charge in [0.1, 0.15) is 11.6 Å². The quantitative estimate of drug-likeness (QED) is 0.704. The minimum absolute atomic E-state index is 0.214. The maximum atomic E-state index is 13.2. The number of benzene rings is 1. The molecule has 0 amide bonds. The highest BCUT2D eigenvalue weighted by molar-refractivity contribution is 5.35. The van der Waals surface area contributed by atoms with Crippen molar-refractivity contribution in [1.29, 1.82) is 0 Å². The molecule has 1 aromatic carbocycles. The molecule has 92 valence electrons. The highest BCUT2D eigenvalue weighted by Gasteiger charge is 2.08. The topological polar surface area (TPSA) is 9.23 Å². The zero-order valence-electron chi connectivity index (χ0n) is 10.7. The van der Waals surface area contributed by atoms with Crippen molar-refractivity contribution in [3.05, 3.63) is 29.6 Å². The molecule has 0 bridgehead atoms. The maximum absolute atomic E-state index is 13.2. The number of rotatable bonds is 5. The molecule has 0 fully saturated rings. The van der Waals surface area contributed by atoms with Gasteiger partial charge in [-0.15, -0.1) is 11.8 Å². The molecule has 0 saturated heterocycles. The number of ether oxygens (including phenoxy) is 1. The van der Waals surface area contributed by atoms with Crippen molar-refractivity contribution in [3.63, 3.8) is 0 Å². The predicted molar refractivity (Wildman–Crippen MR) is 68.5 cm³/mol. The summed E-state index contributed by atoms with van der Waals surface area (Å²) in [6.45, 7) is 6.56. The van der Waals surface area contributed by atoms with Gasteiger partial charge in [0.2, 0.25) is 0 Å². The second-order valence-corrected chi connectivity index (χ2v) is 4.10. The number of halogens is 1. The molecule has 2 heteroatoms. The van der Waals surface area contributed by atoms with E-state index >= 15 is 0 Å². The lowest BCUT2D eigenvalue weighted by Crippen LogP contribution is -2.03. The van der Waals surface area contributed by atoms with E-state index in [1.807, 2.05) is 20.8 Å². The smallest absolute Gasteiger partial charge is 0.123 e. The van der Waals surface area contributed by atoms with Crippen LogP contribution in [0.5, 0.6) is 5.75 Å². The molecule has 1 nitrogen and oxygen atoms in total. The van der Waals surface area contributed by atoms with Gasteiger partial charge in [-0.2, -0.15) is 0 Å². The lowest BCUT2D eigenvalue weighted by atomic mass is 10.0. The summed E-state index contributed by atoms with van der Waals surface area (Å²) in [6.07, 6.45) is 1.67. The van der Waals surface area contributed by atoms with Gasteiger partial charge in [-0.05, 0) is 43.5 Å². The van der Waals surface area contributed by atoms with E-state index in [4.69, 9.17) is 4.74 Å². The van der Waals surface area contributed by atoms with Gasteiger partial charge in [-0.3, -0.25) is 0 Å². The Kier molecular flexibility index (Phi) is 5.56. The van der Waals surface area contributed by atoms with E-state index in [1.165, 1.54) is 6.07 Å². The molecule has 0 aliphatic rings. The van der Waals surface area contributed by atoms with Crippen molar-refractivity contribution >= 4 is 0 Å². The van der Waals surface area contributed by atoms with Crippen LogP contribution in [0.15, 0.2) is 18.2 Å².